The average molecular weight is 690 g/mol. The lowest BCUT2D eigenvalue weighted by Gasteiger charge is -2.22. The lowest BCUT2D eigenvalue weighted by Crippen LogP contribution is -2.30. The van der Waals surface area contributed by atoms with Crippen LogP contribution < -0.4 is 9.47 Å². The Balaban J connectivity index is 1.84. The highest BCUT2D eigenvalue weighted by Gasteiger charge is 2.22. The van der Waals surface area contributed by atoms with Gasteiger partial charge in [-0.25, -0.2) is 0 Å². The molecule has 2 atom stereocenters. The molecule has 9 heteroatoms. The Bertz CT molecular complexity index is 1340. The fourth-order valence-electron chi connectivity index (χ4n) is 5.22. The number of benzene rings is 3. The summed E-state index contributed by atoms with van der Waals surface area (Å²) in [6, 6.07) is 13.8. The Morgan fingerprint density at radius 2 is 1.09 bits per heavy atom. The number of ether oxygens (including phenoxy) is 6. The molecule has 0 heterocycles. The van der Waals surface area contributed by atoms with Crippen LogP contribution in [0.3, 0.4) is 0 Å². The van der Waals surface area contributed by atoms with E-state index in [1.54, 1.807) is 14.2 Å². The second kappa shape index (κ2) is 20.3. The van der Waals surface area contributed by atoms with Crippen LogP contribution in [0.4, 0.5) is 0 Å². The van der Waals surface area contributed by atoms with Crippen LogP contribution in [0.15, 0.2) is 46.9 Å². The van der Waals surface area contributed by atoms with Gasteiger partial charge in [0.1, 0.15) is 24.7 Å². The molecule has 0 spiro atoms. The number of hydrogen-bond donors (Lipinski definition) is 0. The van der Waals surface area contributed by atoms with Gasteiger partial charge < -0.3 is 28.4 Å². The predicted molar refractivity (Wildman–Crippen MR) is 181 cm³/mol. The molecule has 3 aromatic rings. The van der Waals surface area contributed by atoms with Crippen LogP contribution in [0.2, 0.25) is 0 Å². The molecule has 0 saturated heterocycles. The SMILES string of the molecule is CCCCCCC(=O)OC(COC)COc1c2ccccc2c(OCC(COC)OC(=O)CCCCCC)c2cc(Br)ccc12. The van der Waals surface area contributed by atoms with E-state index in [2.05, 4.69) is 29.8 Å². The van der Waals surface area contributed by atoms with E-state index in [1.807, 2.05) is 42.5 Å². The fraction of sp³-hybridized carbons (Fsp3) is 0.556. The van der Waals surface area contributed by atoms with E-state index >= 15 is 0 Å². The third kappa shape index (κ3) is 11.8. The Hall–Kier alpha value is -2.88. The van der Waals surface area contributed by atoms with Gasteiger partial charge in [-0.15, -0.1) is 0 Å². The summed E-state index contributed by atoms with van der Waals surface area (Å²) in [4.78, 5) is 25.1. The normalized spacial score (nSPS) is 12.6. The lowest BCUT2D eigenvalue weighted by atomic mass is 10.0. The minimum Gasteiger partial charge on any atom is -0.488 e. The Kier molecular flexibility index (Phi) is 16.5. The lowest BCUT2D eigenvalue weighted by molar-refractivity contribution is -0.154. The van der Waals surface area contributed by atoms with Gasteiger partial charge in [-0.1, -0.05) is 92.6 Å². The Morgan fingerprint density at radius 3 is 1.56 bits per heavy atom. The van der Waals surface area contributed by atoms with Crippen molar-refractivity contribution in [3.63, 3.8) is 0 Å². The Morgan fingerprint density at radius 1 is 0.622 bits per heavy atom. The molecule has 0 aromatic heterocycles. The van der Waals surface area contributed by atoms with E-state index in [-0.39, 0.29) is 38.4 Å². The highest BCUT2D eigenvalue weighted by atomic mass is 79.9. The maximum absolute atomic E-state index is 12.5. The van der Waals surface area contributed by atoms with Crippen molar-refractivity contribution >= 4 is 49.4 Å². The number of carbonyl (C=O) groups excluding carboxylic acids is 2. The summed E-state index contributed by atoms with van der Waals surface area (Å²) in [5.41, 5.74) is 0. The Labute approximate surface area is 276 Å². The van der Waals surface area contributed by atoms with Crippen LogP contribution in [0.1, 0.15) is 78.1 Å². The predicted octanol–water partition coefficient (Wildman–Crippen LogP) is 8.57. The summed E-state index contributed by atoms with van der Waals surface area (Å²) in [7, 11) is 3.16. The molecule has 0 saturated carbocycles. The van der Waals surface area contributed by atoms with Gasteiger partial charge in [-0.05, 0) is 31.0 Å². The van der Waals surface area contributed by atoms with E-state index in [0.29, 0.717) is 24.3 Å². The van der Waals surface area contributed by atoms with Gasteiger partial charge in [-0.2, -0.15) is 0 Å². The van der Waals surface area contributed by atoms with Gasteiger partial charge in [0.15, 0.2) is 12.2 Å². The van der Waals surface area contributed by atoms with Crippen molar-refractivity contribution in [1.29, 1.82) is 0 Å². The maximum atomic E-state index is 12.5. The first-order valence-corrected chi connectivity index (χ1v) is 17.0. The van der Waals surface area contributed by atoms with Gasteiger partial charge in [-0.3, -0.25) is 9.59 Å². The van der Waals surface area contributed by atoms with E-state index in [4.69, 9.17) is 28.4 Å². The summed E-state index contributed by atoms with van der Waals surface area (Å²) in [6.07, 6.45) is 7.69. The first-order chi connectivity index (χ1) is 21.9. The third-order valence-electron chi connectivity index (χ3n) is 7.48. The van der Waals surface area contributed by atoms with Crippen LogP contribution in [0.5, 0.6) is 11.5 Å². The van der Waals surface area contributed by atoms with Crippen molar-refractivity contribution < 1.29 is 38.0 Å². The zero-order chi connectivity index (χ0) is 32.4. The summed E-state index contributed by atoms with van der Waals surface area (Å²) in [5.74, 6) is 0.824. The molecule has 8 nitrogen and oxygen atoms in total. The fourth-order valence-corrected chi connectivity index (χ4v) is 5.58. The van der Waals surface area contributed by atoms with Crippen molar-refractivity contribution in [1.82, 2.24) is 0 Å². The standard InChI is InChI=1S/C36H49BrO8/c1-5-7-9-11-17-33(38)44-27(22-40-3)24-42-35-29-15-13-14-16-30(29)36(32-21-26(37)19-20-31(32)35)43-25-28(23-41-4)45-34(39)18-12-10-8-6-2/h13-16,19-21,27-28H,5-12,17-18,22-25H2,1-4H3. The number of esters is 2. The highest BCUT2D eigenvalue weighted by Crippen LogP contribution is 2.43. The van der Waals surface area contributed by atoms with Gasteiger partial charge in [0.05, 0.1) is 13.2 Å². The van der Waals surface area contributed by atoms with E-state index in [1.165, 1.54) is 0 Å². The highest BCUT2D eigenvalue weighted by molar-refractivity contribution is 9.10. The maximum Gasteiger partial charge on any atom is 0.306 e. The number of hydrogen-bond acceptors (Lipinski definition) is 8. The van der Waals surface area contributed by atoms with Crippen LogP contribution in [0, 0.1) is 0 Å². The van der Waals surface area contributed by atoms with Crippen LogP contribution in [-0.4, -0.2) is 64.8 Å². The molecule has 0 aliphatic rings. The van der Waals surface area contributed by atoms with E-state index in [9.17, 15) is 9.59 Å². The van der Waals surface area contributed by atoms with Gasteiger partial charge in [0.2, 0.25) is 0 Å². The monoisotopic (exact) mass is 688 g/mol. The molecule has 2 unspecified atom stereocenters. The minimum atomic E-state index is -0.558. The van der Waals surface area contributed by atoms with Crippen molar-refractivity contribution in [2.24, 2.45) is 0 Å². The molecule has 3 rings (SSSR count). The molecular weight excluding hydrogens is 640 g/mol. The largest absolute Gasteiger partial charge is 0.488 e. The van der Waals surface area contributed by atoms with Crippen LogP contribution >= 0.6 is 15.9 Å². The second-order valence-electron chi connectivity index (χ2n) is 11.3. The molecule has 45 heavy (non-hydrogen) atoms. The number of halogens is 1. The molecule has 0 bridgehead atoms. The summed E-state index contributed by atoms with van der Waals surface area (Å²) in [6.45, 7) is 4.99. The number of carbonyl (C=O) groups is 2. The number of fused-ring (bicyclic) bond motifs is 2. The van der Waals surface area contributed by atoms with Gasteiger partial charge in [0, 0.05) is 53.1 Å². The summed E-state index contributed by atoms with van der Waals surface area (Å²) < 4.78 is 36.0. The van der Waals surface area contributed by atoms with E-state index < -0.39 is 12.2 Å². The van der Waals surface area contributed by atoms with Gasteiger partial charge in [0.25, 0.3) is 0 Å². The molecule has 0 aliphatic carbocycles. The average Bonchev–Trinajstić information content (AvgIpc) is 3.03. The number of rotatable bonds is 22. The molecule has 0 aliphatic heterocycles. The minimum absolute atomic E-state index is 0.129. The summed E-state index contributed by atoms with van der Waals surface area (Å²) in [5, 5.41) is 3.36. The van der Waals surface area contributed by atoms with Crippen molar-refractivity contribution in [3.8, 4) is 11.5 Å². The molecule has 0 fully saturated rings. The van der Waals surface area contributed by atoms with Gasteiger partial charge >= 0.3 is 11.9 Å². The molecule has 248 valence electrons. The van der Waals surface area contributed by atoms with Crippen LogP contribution in [-0.2, 0) is 28.5 Å². The molecule has 0 amide bonds. The number of unbranched alkanes of at least 4 members (excludes halogenated alkanes) is 6. The zero-order valence-corrected chi connectivity index (χ0v) is 28.8. The second-order valence-corrected chi connectivity index (χ2v) is 12.2. The van der Waals surface area contributed by atoms with Crippen molar-refractivity contribution in [2.75, 3.05) is 40.6 Å². The molecule has 0 radical (unpaired) electrons. The first-order valence-electron chi connectivity index (χ1n) is 16.2. The molecular formula is C36H49BrO8. The smallest absolute Gasteiger partial charge is 0.306 e. The zero-order valence-electron chi connectivity index (χ0n) is 27.2. The van der Waals surface area contributed by atoms with E-state index in [0.717, 1.165) is 77.4 Å². The molecule has 3 aromatic carbocycles. The van der Waals surface area contributed by atoms with Crippen molar-refractivity contribution in [2.45, 2.75) is 90.3 Å². The summed E-state index contributed by atoms with van der Waals surface area (Å²) >= 11 is 3.61. The van der Waals surface area contributed by atoms with Crippen LogP contribution in [0.25, 0.3) is 21.5 Å². The molecule has 0 N–H and O–H groups in total. The first kappa shape index (κ1) is 36.6. The number of methoxy groups -OCH3 is 2. The van der Waals surface area contributed by atoms with Crippen molar-refractivity contribution in [3.05, 3.63) is 46.9 Å². The quantitative estimate of drug-likeness (QED) is 0.0589. The topological polar surface area (TPSA) is 89.5 Å². The third-order valence-corrected chi connectivity index (χ3v) is 7.98.